The maximum absolute atomic E-state index is 5.61. The Kier molecular flexibility index (Phi) is 3.75. The van der Waals surface area contributed by atoms with Gasteiger partial charge in [-0.25, -0.2) is 0 Å². The van der Waals surface area contributed by atoms with Crippen molar-refractivity contribution in [3.05, 3.63) is 12.0 Å². The minimum atomic E-state index is 0.630. The lowest BCUT2D eigenvalue weighted by molar-refractivity contribution is 0.206. The van der Waals surface area contributed by atoms with Crippen molar-refractivity contribution in [1.29, 1.82) is 0 Å². The molecule has 1 N–H and O–H groups in total. The molecule has 3 rings (SSSR count). The molecule has 1 saturated heterocycles. The summed E-state index contributed by atoms with van der Waals surface area (Å²) < 4.78 is 5.61. The fourth-order valence-corrected chi connectivity index (χ4v) is 2.49. The molecule has 0 amide bonds. The maximum atomic E-state index is 5.61. The predicted molar refractivity (Wildman–Crippen MR) is 75.3 cm³/mol. The van der Waals surface area contributed by atoms with Crippen LogP contribution in [0.4, 0.5) is 6.01 Å². The minimum absolute atomic E-state index is 0.630. The third kappa shape index (κ3) is 3.28. The number of hydrogen-bond donors (Lipinski definition) is 1. The highest BCUT2D eigenvalue weighted by Gasteiger charge is 2.23. The first-order valence-corrected chi connectivity index (χ1v) is 7.39. The summed E-state index contributed by atoms with van der Waals surface area (Å²) in [6.07, 6.45) is 4.41. The van der Waals surface area contributed by atoms with E-state index in [-0.39, 0.29) is 0 Å². The molecule has 2 heterocycles. The van der Waals surface area contributed by atoms with E-state index in [0.717, 1.165) is 50.5 Å². The van der Waals surface area contributed by atoms with Gasteiger partial charge in [0.05, 0.1) is 5.69 Å². The van der Waals surface area contributed by atoms with Crippen LogP contribution in [0, 0.1) is 0 Å². The molecule has 0 atom stereocenters. The van der Waals surface area contributed by atoms with Gasteiger partial charge in [-0.1, -0.05) is 0 Å². The molecule has 0 unspecified atom stereocenters. The van der Waals surface area contributed by atoms with Crippen molar-refractivity contribution in [1.82, 2.24) is 15.2 Å². The first kappa shape index (κ1) is 12.9. The van der Waals surface area contributed by atoms with Crippen LogP contribution >= 0.6 is 0 Å². The van der Waals surface area contributed by atoms with Gasteiger partial charge in [-0.3, -0.25) is 4.90 Å². The van der Waals surface area contributed by atoms with Gasteiger partial charge in [-0.2, -0.15) is 4.98 Å². The van der Waals surface area contributed by atoms with Crippen LogP contribution in [-0.2, 0) is 6.54 Å². The molecule has 0 aromatic carbocycles. The lowest BCUT2D eigenvalue weighted by atomic mass is 10.2. The summed E-state index contributed by atoms with van der Waals surface area (Å²) in [5.41, 5.74) is 1.02. The maximum Gasteiger partial charge on any atom is 0.297 e. The van der Waals surface area contributed by atoms with E-state index in [1.54, 1.807) is 6.26 Å². The molecule has 1 aromatic heterocycles. The monoisotopic (exact) mass is 264 g/mol. The van der Waals surface area contributed by atoms with Crippen molar-refractivity contribution in [2.45, 2.75) is 45.3 Å². The summed E-state index contributed by atoms with van der Waals surface area (Å²) in [4.78, 5) is 9.33. The second-order valence-corrected chi connectivity index (χ2v) is 5.89. The van der Waals surface area contributed by atoms with E-state index >= 15 is 0 Å². The van der Waals surface area contributed by atoms with Crippen molar-refractivity contribution in [2.75, 3.05) is 31.1 Å². The Morgan fingerprint density at radius 2 is 2.05 bits per heavy atom. The van der Waals surface area contributed by atoms with Crippen molar-refractivity contribution >= 4 is 6.01 Å². The predicted octanol–water partition coefficient (Wildman–Crippen LogP) is 1.46. The highest BCUT2D eigenvalue weighted by molar-refractivity contribution is 5.28. The van der Waals surface area contributed by atoms with Gasteiger partial charge in [0.25, 0.3) is 6.01 Å². The average Bonchev–Trinajstić information content (AvgIpc) is 3.13. The summed E-state index contributed by atoms with van der Waals surface area (Å²) in [7, 11) is 0. The first-order chi connectivity index (χ1) is 9.22. The zero-order valence-electron chi connectivity index (χ0n) is 11.9. The Balaban J connectivity index is 1.51. The Morgan fingerprint density at radius 1 is 1.32 bits per heavy atom. The Bertz CT molecular complexity index is 405. The number of aromatic nitrogens is 1. The molecular formula is C14H24N4O. The van der Waals surface area contributed by atoms with E-state index in [4.69, 9.17) is 4.42 Å². The van der Waals surface area contributed by atoms with Crippen LogP contribution in [0.2, 0.25) is 0 Å². The number of piperazine rings is 1. The van der Waals surface area contributed by atoms with Crippen LogP contribution in [0.3, 0.4) is 0 Å². The molecule has 1 saturated carbocycles. The van der Waals surface area contributed by atoms with Crippen LogP contribution < -0.4 is 10.2 Å². The molecule has 5 nitrogen and oxygen atoms in total. The number of anilines is 1. The number of nitrogens with zero attached hydrogens (tertiary/aromatic N) is 3. The molecular weight excluding hydrogens is 240 g/mol. The summed E-state index contributed by atoms with van der Waals surface area (Å²) in [5, 5.41) is 3.46. The second kappa shape index (κ2) is 5.51. The Morgan fingerprint density at radius 3 is 2.68 bits per heavy atom. The quantitative estimate of drug-likeness (QED) is 0.872. The molecule has 1 aromatic rings. The second-order valence-electron chi connectivity index (χ2n) is 5.89. The SMILES string of the molecule is CC(C)N1CCN(c2nc(CNC3CC3)co2)CC1. The fourth-order valence-electron chi connectivity index (χ4n) is 2.49. The molecule has 2 fully saturated rings. The van der Waals surface area contributed by atoms with Gasteiger partial charge in [0.15, 0.2) is 0 Å². The van der Waals surface area contributed by atoms with E-state index in [9.17, 15) is 0 Å². The lowest BCUT2D eigenvalue weighted by Gasteiger charge is -2.36. The standard InChI is InChI=1S/C14H24N4O/c1-11(2)17-5-7-18(8-6-17)14-16-13(10-19-14)9-15-12-3-4-12/h10-12,15H,3-9H2,1-2H3. The molecule has 1 aliphatic carbocycles. The Hall–Kier alpha value is -1.07. The summed E-state index contributed by atoms with van der Waals surface area (Å²) >= 11 is 0. The van der Waals surface area contributed by atoms with Crippen LogP contribution in [0.1, 0.15) is 32.4 Å². The molecule has 0 bridgehead atoms. The zero-order valence-corrected chi connectivity index (χ0v) is 11.9. The molecule has 106 valence electrons. The molecule has 19 heavy (non-hydrogen) atoms. The van der Waals surface area contributed by atoms with Crippen LogP contribution in [-0.4, -0.2) is 48.1 Å². The van der Waals surface area contributed by atoms with E-state index in [1.165, 1.54) is 12.8 Å². The smallest absolute Gasteiger partial charge is 0.297 e. The largest absolute Gasteiger partial charge is 0.432 e. The zero-order chi connectivity index (χ0) is 13.2. The van der Waals surface area contributed by atoms with Gasteiger partial charge < -0.3 is 14.6 Å². The topological polar surface area (TPSA) is 44.5 Å². The van der Waals surface area contributed by atoms with Gasteiger partial charge in [0, 0.05) is 44.8 Å². The third-order valence-electron chi connectivity index (χ3n) is 4.00. The van der Waals surface area contributed by atoms with E-state index in [1.807, 2.05) is 0 Å². The summed E-state index contributed by atoms with van der Waals surface area (Å²) in [6, 6.07) is 2.13. The number of oxazole rings is 1. The average molecular weight is 264 g/mol. The molecule has 0 spiro atoms. The van der Waals surface area contributed by atoms with Crippen molar-refractivity contribution in [3.8, 4) is 0 Å². The van der Waals surface area contributed by atoms with Gasteiger partial charge in [-0.15, -0.1) is 0 Å². The van der Waals surface area contributed by atoms with E-state index < -0.39 is 0 Å². The van der Waals surface area contributed by atoms with E-state index in [2.05, 4.69) is 33.9 Å². The van der Waals surface area contributed by atoms with Gasteiger partial charge in [0.2, 0.25) is 0 Å². The lowest BCUT2D eigenvalue weighted by Crippen LogP contribution is -2.49. The molecule has 0 radical (unpaired) electrons. The van der Waals surface area contributed by atoms with Crippen molar-refractivity contribution in [3.63, 3.8) is 0 Å². The van der Waals surface area contributed by atoms with Crippen LogP contribution in [0.25, 0.3) is 0 Å². The van der Waals surface area contributed by atoms with Crippen LogP contribution in [0.5, 0.6) is 0 Å². The molecule has 2 aliphatic rings. The first-order valence-electron chi connectivity index (χ1n) is 7.39. The molecule has 5 heteroatoms. The third-order valence-corrected chi connectivity index (χ3v) is 4.00. The highest BCUT2D eigenvalue weighted by atomic mass is 16.4. The highest BCUT2D eigenvalue weighted by Crippen LogP contribution is 2.20. The number of hydrogen-bond acceptors (Lipinski definition) is 5. The van der Waals surface area contributed by atoms with Gasteiger partial charge in [-0.05, 0) is 26.7 Å². The summed E-state index contributed by atoms with van der Waals surface area (Å²) in [6.45, 7) is 9.54. The number of rotatable bonds is 5. The van der Waals surface area contributed by atoms with Gasteiger partial charge in [0.1, 0.15) is 6.26 Å². The fraction of sp³-hybridized carbons (Fsp3) is 0.786. The summed E-state index contributed by atoms with van der Waals surface area (Å²) in [5.74, 6) is 0. The van der Waals surface area contributed by atoms with Gasteiger partial charge >= 0.3 is 0 Å². The van der Waals surface area contributed by atoms with E-state index in [0.29, 0.717) is 6.04 Å². The molecule has 1 aliphatic heterocycles. The van der Waals surface area contributed by atoms with Crippen LogP contribution in [0.15, 0.2) is 10.7 Å². The van der Waals surface area contributed by atoms with Crippen molar-refractivity contribution in [2.24, 2.45) is 0 Å². The minimum Gasteiger partial charge on any atom is -0.432 e. The number of nitrogens with one attached hydrogen (secondary N) is 1. The van der Waals surface area contributed by atoms with Crippen molar-refractivity contribution < 1.29 is 4.42 Å². The Labute approximate surface area is 115 Å². The normalized spacial score (nSPS) is 21.3.